The quantitative estimate of drug-likeness (QED) is 0.771. The minimum Gasteiger partial charge on any atom is -0.371 e. The highest BCUT2D eigenvalue weighted by atomic mass is 32.2. The van der Waals surface area contributed by atoms with E-state index >= 15 is 0 Å². The van der Waals surface area contributed by atoms with Crippen molar-refractivity contribution >= 4 is 15.7 Å². The third kappa shape index (κ3) is 4.37. The Labute approximate surface area is 167 Å². The van der Waals surface area contributed by atoms with Crippen LogP contribution in [0.5, 0.6) is 0 Å². The Hall–Kier alpha value is -1.96. The number of nitrogens with zero attached hydrogens (tertiary/aromatic N) is 4. The van der Waals surface area contributed by atoms with Crippen LogP contribution in [0, 0.1) is 5.92 Å². The second-order valence-corrected chi connectivity index (χ2v) is 9.59. The molecule has 1 aromatic carbocycles. The van der Waals surface area contributed by atoms with Crippen LogP contribution in [0.3, 0.4) is 0 Å². The van der Waals surface area contributed by atoms with Gasteiger partial charge in [0.2, 0.25) is 10.0 Å². The van der Waals surface area contributed by atoms with Gasteiger partial charge in [-0.05, 0) is 43.0 Å². The van der Waals surface area contributed by atoms with Crippen molar-refractivity contribution in [3.05, 3.63) is 54.9 Å². The molecule has 3 heterocycles. The highest BCUT2D eigenvalue weighted by molar-refractivity contribution is 7.89. The van der Waals surface area contributed by atoms with Crippen LogP contribution in [-0.4, -0.2) is 68.4 Å². The predicted molar refractivity (Wildman–Crippen MR) is 111 cm³/mol. The first-order chi connectivity index (χ1) is 13.6. The molecule has 0 amide bonds. The Bertz CT molecular complexity index is 844. The topological polar surface area (TPSA) is 56.8 Å². The fourth-order valence-electron chi connectivity index (χ4n) is 4.19. The number of hydrogen-bond donors (Lipinski definition) is 0. The molecule has 0 saturated carbocycles. The van der Waals surface area contributed by atoms with Gasteiger partial charge in [-0.2, -0.15) is 4.31 Å². The molecule has 1 aromatic heterocycles. The van der Waals surface area contributed by atoms with Crippen molar-refractivity contribution in [2.75, 3.05) is 50.7 Å². The van der Waals surface area contributed by atoms with Crippen molar-refractivity contribution in [3.8, 4) is 0 Å². The minimum absolute atomic E-state index is 0.395. The molecule has 0 N–H and O–H groups in total. The van der Waals surface area contributed by atoms with Crippen molar-refractivity contribution in [3.63, 3.8) is 0 Å². The third-order valence-electron chi connectivity index (χ3n) is 5.87. The maximum atomic E-state index is 12.8. The van der Waals surface area contributed by atoms with Gasteiger partial charge in [0, 0.05) is 63.9 Å². The Kier molecular flexibility index (Phi) is 5.94. The van der Waals surface area contributed by atoms with Gasteiger partial charge in [0.15, 0.2) is 0 Å². The lowest BCUT2D eigenvalue weighted by Gasteiger charge is -2.39. The monoisotopic (exact) mass is 400 g/mol. The van der Waals surface area contributed by atoms with Gasteiger partial charge in [0.05, 0.1) is 4.90 Å². The molecule has 2 fully saturated rings. The average molecular weight is 401 g/mol. The van der Waals surface area contributed by atoms with E-state index in [9.17, 15) is 8.42 Å². The fraction of sp³-hybridized carbons (Fsp3) is 0.476. The molecule has 150 valence electrons. The second-order valence-electron chi connectivity index (χ2n) is 7.65. The summed E-state index contributed by atoms with van der Waals surface area (Å²) in [4.78, 5) is 9.36. The summed E-state index contributed by atoms with van der Waals surface area (Å²) in [5.41, 5.74) is 1.26. The van der Waals surface area contributed by atoms with Gasteiger partial charge in [-0.1, -0.05) is 18.2 Å². The molecule has 0 atom stereocenters. The first kappa shape index (κ1) is 19.4. The largest absolute Gasteiger partial charge is 0.371 e. The summed E-state index contributed by atoms with van der Waals surface area (Å²) in [6.45, 7) is 6.02. The van der Waals surface area contributed by atoms with Crippen molar-refractivity contribution in [1.82, 2.24) is 14.2 Å². The Morgan fingerprint density at radius 2 is 1.50 bits per heavy atom. The van der Waals surface area contributed by atoms with Gasteiger partial charge < -0.3 is 9.80 Å². The molecule has 7 heteroatoms. The van der Waals surface area contributed by atoms with Gasteiger partial charge in [-0.25, -0.2) is 8.42 Å². The van der Waals surface area contributed by atoms with Crippen LogP contribution in [0.4, 0.5) is 5.69 Å². The van der Waals surface area contributed by atoms with E-state index in [0.717, 1.165) is 32.7 Å². The summed E-state index contributed by atoms with van der Waals surface area (Å²) >= 11 is 0. The minimum atomic E-state index is -3.36. The van der Waals surface area contributed by atoms with Gasteiger partial charge in [-0.15, -0.1) is 0 Å². The molecule has 2 aliphatic rings. The molecule has 2 aliphatic heterocycles. The lowest BCUT2D eigenvalue weighted by molar-refractivity contribution is 0.155. The van der Waals surface area contributed by atoms with E-state index in [1.165, 1.54) is 18.5 Å². The molecule has 6 nitrogen and oxygen atoms in total. The highest BCUT2D eigenvalue weighted by Crippen LogP contribution is 2.24. The molecule has 4 rings (SSSR count). The normalized spacial score (nSPS) is 20.4. The maximum absolute atomic E-state index is 12.8. The van der Waals surface area contributed by atoms with Crippen molar-refractivity contribution in [2.45, 2.75) is 17.7 Å². The number of piperazine rings is 1. The first-order valence-electron chi connectivity index (χ1n) is 10.1. The molecular weight excluding hydrogens is 372 g/mol. The van der Waals surface area contributed by atoms with E-state index in [-0.39, 0.29) is 0 Å². The number of anilines is 1. The number of sulfonamides is 1. The summed E-state index contributed by atoms with van der Waals surface area (Å²) in [5, 5.41) is 0. The molecule has 28 heavy (non-hydrogen) atoms. The van der Waals surface area contributed by atoms with E-state index < -0.39 is 10.0 Å². The number of hydrogen-bond acceptors (Lipinski definition) is 5. The van der Waals surface area contributed by atoms with Crippen molar-refractivity contribution in [2.24, 2.45) is 5.92 Å². The SMILES string of the molecule is O=S(=O)(c1ccccc1)N1CCN(CC2CCN(c3ccncc3)CC2)CC1. The van der Waals surface area contributed by atoms with E-state index in [1.807, 2.05) is 18.5 Å². The summed E-state index contributed by atoms with van der Waals surface area (Å²) < 4.78 is 27.1. The lowest BCUT2D eigenvalue weighted by atomic mass is 9.95. The average Bonchev–Trinajstić information content (AvgIpc) is 2.76. The number of pyridine rings is 1. The fourth-order valence-corrected chi connectivity index (χ4v) is 5.63. The van der Waals surface area contributed by atoms with Crippen LogP contribution in [-0.2, 0) is 10.0 Å². The van der Waals surface area contributed by atoms with Crippen LogP contribution in [0.1, 0.15) is 12.8 Å². The summed E-state index contributed by atoms with van der Waals surface area (Å²) in [6, 6.07) is 12.9. The Morgan fingerprint density at radius 1 is 0.857 bits per heavy atom. The molecule has 0 spiro atoms. The highest BCUT2D eigenvalue weighted by Gasteiger charge is 2.29. The second kappa shape index (κ2) is 8.59. The smallest absolute Gasteiger partial charge is 0.243 e. The molecule has 0 unspecified atom stereocenters. The molecule has 0 bridgehead atoms. The zero-order chi connectivity index (χ0) is 19.4. The molecule has 0 aliphatic carbocycles. The lowest BCUT2D eigenvalue weighted by Crippen LogP contribution is -2.50. The van der Waals surface area contributed by atoms with Crippen molar-refractivity contribution in [1.29, 1.82) is 0 Å². The van der Waals surface area contributed by atoms with Gasteiger partial charge in [0.1, 0.15) is 0 Å². The number of aromatic nitrogens is 1. The number of piperidine rings is 1. The van der Waals surface area contributed by atoms with E-state index in [0.29, 0.717) is 23.9 Å². The maximum Gasteiger partial charge on any atom is 0.243 e. The number of benzene rings is 1. The Balaban J connectivity index is 1.25. The van der Waals surface area contributed by atoms with Crippen LogP contribution >= 0.6 is 0 Å². The van der Waals surface area contributed by atoms with Crippen LogP contribution in [0.25, 0.3) is 0 Å². The van der Waals surface area contributed by atoms with E-state index in [4.69, 9.17) is 0 Å². The summed E-state index contributed by atoms with van der Waals surface area (Å²) in [7, 11) is -3.36. The molecule has 2 aromatic rings. The van der Waals surface area contributed by atoms with Crippen molar-refractivity contribution < 1.29 is 8.42 Å². The predicted octanol–water partition coefficient (Wildman–Crippen LogP) is 2.30. The Morgan fingerprint density at radius 3 is 2.14 bits per heavy atom. The first-order valence-corrected chi connectivity index (χ1v) is 11.5. The van der Waals surface area contributed by atoms with Gasteiger partial charge in [-0.3, -0.25) is 4.98 Å². The zero-order valence-corrected chi connectivity index (χ0v) is 17.0. The van der Waals surface area contributed by atoms with Gasteiger partial charge in [0.25, 0.3) is 0 Å². The molecular formula is C21H28N4O2S. The molecule has 0 radical (unpaired) electrons. The van der Waals surface area contributed by atoms with E-state index in [2.05, 4.69) is 26.9 Å². The standard InChI is InChI=1S/C21H28N4O2S/c26-28(27,21-4-2-1-3-5-21)25-16-14-23(15-17-25)18-19-8-12-24(13-9-19)20-6-10-22-11-7-20/h1-7,10-11,19H,8-9,12-18H2. The van der Waals surface area contributed by atoms with Crippen LogP contribution in [0.2, 0.25) is 0 Å². The summed E-state index contributed by atoms with van der Waals surface area (Å²) in [5.74, 6) is 0.690. The third-order valence-corrected chi connectivity index (χ3v) is 7.78. The summed E-state index contributed by atoms with van der Waals surface area (Å²) in [6.07, 6.45) is 6.07. The van der Waals surface area contributed by atoms with Gasteiger partial charge >= 0.3 is 0 Å². The number of rotatable bonds is 5. The zero-order valence-electron chi connectivity index (χ0n) is 16.2. The van der Waals surface area contributed by atoms with Crippen LogP contribution < -0.4 is 4.90 Å². The van der Waals surface area contributed by atoms with Crippen LogP contribution in [0.15, 0.2) is 59.8 Å². The van der Waals surface area contributed by atoms with E-state index in [1.54, 1.807) is 28.6 Å². The molecule has 2 saturated heterocycles.